The number of aromatic nitrogens is 1. The Labute approximate surface area is 69.0 Å². The van der Waals surface area contributed by atoms with Crippen molar-refractivity contribution in [2.45, 2.75) is 6.42 Å². The average Bonchev–Trinajstić information content (AvgIpc) is 2.50. The second-order valence-electron chi connectivity index (χ2n) is 2.50. The number of fused-ring (bicyclic) bond motifs is 1. The lowest BCUT2D eigenvalue weighted by atomic mass is 10.2. The van der Waals surface area contributed by atoms with E-state index in [0.717, 1.165) is 17.3 Å². The summed E-state index contributed by atoms with van der Waals surface area (Å²) >= 11 is 0. The van der Waals surface area contributed by atoms with Gasteiger partial charge in [-0.2, -0.15) is 0 Å². The van der Waals surface area contributed by atoms with Gasteiger partial charge in [-0.25, -0.2) is 0 Å². The van der Waals surface area contributed by atoms with Crippen LogP contribution in [0.15, 0.2) is 28.8 Å². The summed E-state index contributed by atoms with van der Waals surface area (Å²) in [4.78, 5) is 10.2. The third kappa shape index (κ3) is 0.993. The molecule has 0 fully saturated rings. The summed E-state index contributed by atoms with van der Waals surface area (Å²) in [7, 11) is 0. The minimum Gasteiger partial charge on any atom is -0.356 e. The summed E-state index contributed by atoms with van der Waals surface area (Å²) < 4.78 is 4.99. The summed E-state index contributed by atoms with van der Waals surface area (Å²) in [6, 6.07) is 7.49. The number of carbonyl (C=O) groups excluding carboxylic acids is 1. The smallest absolute Gasteiger partial charge is 0.167 e. The Morgan fingerprint density at radius 1 is 1.42 bits per heavy atom. The Kier molecular flexibility index (Phi) is 1.63. The fraction of sp³-hybridized carbons (Fsp3) is 0.111. The van der Waals surface area contributed by atoms with Crippen LogP contribution in [-0.2, 0) is 11.2 Å². The molecule has 3 nitrogen and oxygen atoms in total. The molecular weight excluding hydrogens is 154 g/mol. The molecule has 2 rings (SSSR count). The first-order valence-corrected chi connectivity index (χ1v) is 3.69. The number of hydrogen-bond donors (Lipinski definition) is 0. The minimum absolute atomic E-state index is 0.316. The molecule has 0 N–H and O–H groups in total. The Bertz CT molecular complexity index is 406. The molecule has 0 radical (unpaired) electrons. The minimum atomic E-state index is 0.316. The van der Waals surface area contributed by atoms with E-state index in [0.29, 0.717) is 12.1 Å². The molecule has 3 heteroatoms. The van der Waals surface area contributed by atoms with Crippen LogP contribution < -0.4 is 0 Å². The number of benzene rings is 1. The van der Waals surface area contributed by atoms with Crippen LogP contribution in [0.25, 0.3) is 11.0 Å². The van der Waals surface area contributed by atoms with Crippen LogP contribution in [0.5, 0.6) is 0 Å². The van der Waals surface area contributed by atoms with Gasteiger partial charge in [-0.3, -0.25) is 0 Å². The van der Waals surface area contributed by atoms with Gasteiger partial charge in [0.2, 0.25) is 0 Å². The predicted octanol–water partition coefficient (Wildman–Crippen LogP) is 1.57. The fourth-order valence-electron chi connectivity index (χ4n) is 1.16. The van der Waals surface area contributed by atoms with Gasteiger partial charge in [0.25, 0.3) is 0 Å². The van der Waals surface area contributed by atoms with Gasteiger partial charge in [-0.05, 0) is 12.1 Å². The largest absolute Gasteiger partial charge is 0.356 e. The molecular formula is C9H7NO2. The van der Waals surface area contributed by atoms with E-state index in [1.54, 1.807) is 0 Å². The first-order chi connectivity index (χ1) is 5.92. The third-order valence-electron chi connectivity index (χ3n) is 1.73. The van der Waals surface area contributed by atoms with Crippen LogP contribution in [-0.4, -0.2) is 11.4 Å². The maximum Gasteiger partial charge on any atom is 0.167 e. The topological polar surface area (TPSA) is 43.1 Å². The second kappa shape index (κ2) is 2.77. The molecule has 0 bridgehead atoms. The van der Waals surface area contributed by atoms with Crippen molar-refractivity contribution in [1.82, 2.24) is 5.16 Å². The number of carbonyl (C=O) groups is 1. The number of para-hydroxylation sites is 1. The maximum absolute atomic E-state index is 10.2. The van der Waals surface area contributed by atoms with Gasteiger partial charge in [0, 0.05) is 11.8 Å². The van der Waals surface area contributed by atoms with Crippen molar-refractivity contribution in [3.63, 3.8) is 0 Å². The molecule has 2 aromatic rings. The Hall–Kier alpha value is -1.64. The van der Waals surface area contributed by atoms with E-state index in [1.807, 2.05) is 24.3 Å². The zero-order valence-electron chi connectivity index (χ0n) is 6.36. The summed E-state index contributed by atoms with van der Waals surface area (Å²) in [6.07, 6.45) is 1.14. The first-order valence-electron chi connectivity index (χ1n) is 3.69. The van der Waals surface area contributed by atoms with Crippen molar-refractivity contribution < 1.29 is 9.32 Å². The molecule has 0 saturated carbocycles. The van der Waals surface area contributed by atoms with Gasteiger partial charge < -0.3 is 9.32 Å². The van der Waals surface area contributed by atoms with Crippen LogP contribution in [0.4, 0.5) is 0 Å². The average molecular weight is 161 g/mol. The van der Waals surface area contributed by atoms with Gasteiger partial charge in [-0.1, -0.05) is 17.3 Å². The van der Waals surface area contributed by atoms with Gasteiger partial charge in [0.15, 0.2) is 5.58 Å². The molecule has 0 aliphatic carbocycles. The number of aldehydes is 1. The van der Waals surface area contributed by atoms with Crippen LogP contribution in [0.3, 0.4) is 0 Å². The number of rotatable bonds is 2. The highest BCUT2D eigenvalue weighted by Gasteiger charge is 2.04. The van der Waals surface area contributed by atoms with Gasteiger partial charge in [0.05, 0.1) is 5.69 Å². The third-order valence-corrected chi connectivity index (χ3v) is 1.73. The monoisotopic (exact) mass is 161 g/mol. The molecule has 1 aromatic carbocycles. The van der Waals surface area contributed by atoms with E-state index in [4.69, 9.17) is 4.52 Å². The van der Waals surface area contributed by atoms with Crippen molar-refractivity contribution in [3.8, 4) is 0 Å². The highest BCUT2D eigenvalue weighted by molar-refractivity contribution is 5.81. The standard InChI is InChI=1S/C9H7NO2/c11-6-5-8-7-3-1-2-4-9(7)12-10-8/h1-4,6H,5H2. The highest BCUT2D eigenvalue weighted by Crippen LogP contribution is 2.17. The van der Waals surface area contributed by atoms with Crippen molar-refractivity contribution in [2.75, 3.05) is 0 Å². The van der Waals surface area contributed by atoms with E-state index in [2.05, 4.69) is 5.16 Å². The van der Waals surface area contributed by atoms with Crippen LogP contribution in [0.1, 0.15) is 5.69 Å². The molecule has 0 saturated heterocycles. The SMILES string of the molecule is O=CCc1noc2ccccc12. The number of nitrogens with zero attached hydrogens (tertiary/aromatic N) is 1. The molecule has 0 spiro atoms. The Morgan fingerprint density at radius 3 is 3.08 bits per heavy atom. The van der Waals surface area contributed by atoms with Gasteiger partial charge >= 0.3 is 0 Å². The van der Waals surface area contributed by atoms with Crippen LogP contribution in [0.2, 0.25) is 0 Å². The lowest BCUT2D eigenvalue weighted by molar-refractivity contribution is -0.107. The van der Waals surface area contributed by atoms with E-state index in [-0.39, 0.29) is 0 Å². The van der Waals surface area contributed by atoms with E-state index in [1.165, 1.54) is 0 Å². The number of hydrogen-bond acceptors (Lipinski definition) is 3. The van der Waals surface area contributed by atoms with Crippen molar-refractivity contribution in [1.29, 1.82) is 0 Å². The molecule has 1 aromatic heterocycles. The van der Waals surface area contributed by atoms with Crippen LogP contribution in [0, 0.1) is 0 Å². The molecule has 1 heterocycles. The molecule has 0 aliphatic rings. The second-order valence-corrected chi connectivity index (χ2v) is 2.50. The van der Waals surface area contributed by atoms with Gasteiger partial charge in [-0.15, -0.1) is 0 Å². The Balaban J connectivity index is 2.62. The summed E-state index contributed by atoms with van der Waals surface area (Å²) in [5.74, 6) is 0. The predicted molar refractivity (Wildman–Crippen MR) is 43.8 cm³/mol. The Morgan fingerprint density at radius 2 is 2.25 bits per heavy atom. The zero-order valence-corrected chi connectivity index (χ0v) is 6.36. The van der Waals surface area contributed by atoms with Crippen molar-refractivity contribution >= 4 is 17.3 Å². The molecule has 0 aliphatic heterocycles. The van der Waals surface area contributed by atoms with Crippen LogP contribution >= 0.6 is 0 Å². The highest BCUT2D eigenvalue weighted by atomic mass is 16.5. The quantitative estimate of drug-likeness (QED) is 0.628. The molecule has 12 heavy (non-hydrogen) atoms. The maximum atomic E-state index is 10.2. The summed E-state index contributed by atoms with van der Waals surface area (Å²) in [5, 5.41) is 4.70. The van der Waals surface area contributed by atoms with E-state index >= 15 is 0 Å². The zero-order chi connectivity index (χ0) is 8.39. The molecule has 0 atom stereocenters. The lowest BCUT2D eigenvalue weighted by Gasteiger charge is -1.85. The summed E-state index contributed by atoms with van der Waals surface area (Å²) in [5.41, 5.74) is 1.44. The normalized spacial score (nSPS) is 10.3. The van der Waals surface area contributed by atoms with Crippen molar-refractivity contribution in [2.24, 2.45) is 0 Å². The van der Waals surface area contributed by atoms with Gasteiger partial charge in [0.1, 0.15) is 6.29 Å². The first kappa shape index (κ1) is 7.03. The molecule has 60 valence electrons. The van der Waals surface area contributed by atoms with E-state index < -0.39 is 0 Å². The summed E-state index contributed by atoms with van der Waals surface area (Å²) in [6.45, 7) is 0. The lowest BCUT2D eigenvalue weighted by Crippen LogP contribution is -1.84. The molecule has 0 unspecified atom stereocenters. The van der Waals surface area contributed by atoms with E-state index in [9.17, 15) is 4.79 Å². The van der Waals surface area contributed by atoms with Crippen molar-refractivity contribution in [3.05, 3.63) is 30.0 Å². The fourth-order valence-corrected chi connectivity index (χ4v) is 1.16. The molecule has 0 amide bonds.